The molecule has 4 heteroatoms. The highest BCUT2D eigenvalue weighted by molar-refractivity contribution is 9.10. The predicted octanol–water partition coefficient (Wildman–Crippen LogP) is 4.61. The van der Waals surface area contributed by atoms with Crippen LogP contribution in [0.4, 0.5) is 8.78 Å². The van der Waals surface area contributed by atoms with Crippen LogP contribution in [0.2, 0.25) is 0 Å². The van der Waals surface area contributed by atoms with Gasteiger partial charge in [0.25, 0.3) is 0 Å². The summed E-state index contributed by atoms with van der Waals surface area (Å²) in [5.41, 5.74) is 0.273. The fourth-order valence-electron chi connectivity index (χ4n) is 3.01. The van der Waals surface area contributed by atoms with E-state index in [1.54, 1.807) is 0 Å². The molecular formula is C15H20BrF2N. The van der Waals surface area contributed by atoms with Crippen LogP contribution < -0.4 is 5.32 Å². The second-order valence-corrected chi connectivity index (χ2v) is 6.11. The van der Waals surface area contributed by atoms with Gasteiger partial charge in [-0.1, -0.05) is 13.3 Å². The lowest BCUT2D eigenvalue weighted by molar-refractivity contribution is 0.416. The lowest BCUT2D eigenvalue weighted by atomic mass is 9.88. The highest BCUT2D eigenvalue weighted by Gasteiger charge is 2.32. The van der Waals surface area contributed by atoms with Crippen molar-refractivity contribution in [2.45, 2.75) is 38.5 Å². The van der Waals surface area contributed by atoms with Crippen LogP contribution in [-0.4, -0.2) is 13.1 Å². The van der Waals surface area contributed by atoms with Crippen molar-refractivity contribution >= 4 is 15.9 Å². The van der Waals surface area contributed by atoms with E-state index in [1.807, 2.05) is 0 Å². The van der Waals surface area contributed by atoms with Crippen LogP contribution >= 0.6 is 15.9 Å². The fraction of sp³-hybridized carbons (Fsp3) is 0.600. The van der Waals surface area contributed by atoms with Crippen LogP contribution in [0.15, 0.2) is 16.6 Å². The molecule has 1 saturated carbocycles. The Balaban J connectivity index is 2.18. The highest BCUT2D eigenvalue weighted by atomic mass is 79.9. The molecule has 2 rings (SSSR count). The third-order valence-corrected chi connectivity index (χ3v) is 4.56. The number of benzene rings is 1. The number of rotatable bonds is 5. The van der Waals surface area contributed by atoms with E-state index in [0.717, 1.165) is 38.8 Å². The Morgan fingerprint density at radius 2 is 2.11 bits per heavy atom. The summed E-state index contributed by atoms with van der Waals surface area (Å²) < 4.78 is 28.5. The lowest BCUT2D eigenvalue weighted by Gasteiger charge is -2.22. The van der Waals surface area contributed by atoms with E-state index in [0.29, 0.717) is 10.4 Å². The van der Waals surface area contributed by atoms with Crippen LogP contribution in [0, 0.1) is 17.6 Å². The van der Waals surface area contributed by atoms with Crippen molar-refractivity contribution in [2.75, 3.05) is 13.1 Å². The summed E-state index contributed by atoms with van der Waals surface area (Å²) in [5, 5.41) is 3.37. The molecule has 0 bridgehead atoms. The molecule has 0 saturated heterocycles. The van der Waals surface area contributed by atoms with Gasteiger partial charge in [-0.3, -0.25) is 0 Å². The van der Waals surface area contributed by atoms with Crippen LogP contribution in [0.1, 0.15) is 44.1 Å². The van der Waals surface area contributed by atoms with Crippen LogP contribution in [-0.2, 0) is 0 Å². The summed E-state index contributed by atoms with van der Waals surface area (Å²) in [4.78, 5) is 0. The Morgan fingerprint density at radius 3 is 2.84 bits per heavy atom. The van der Waals surface area contributed by atoms with Gasteiger partial charge in [-0.2, -0.15) is 0 Å². The molecule has 1 nitrogen and oxygen atoms in total. The summed E-state index contributed by atoms with van der Waals surface area (Å²) in [6.07, 6.45) is 4.06. The summed E-state index contributed by atoms with van der Waals surface area (Å²) >= 11 is 3.15. The average Bonchev–Trinajstić information content (AvgIpc) is 2.83. The molecule has 0 aromatic heterocycles. The molecule has 19 heavy (non-hydrogen) atoms. The van der Waals surface area contributed by atoms with E-state index in [9.17, 15) is 8.78 Å². The number of hydrogen-bond acceptors (Lipinski definition) is 1. The van der Waals surface area contributed by atoms with Crippen molar-refractivity contribution in [3.8, 4) is 0 Å². The zero-order chi connectivity index (χ0) is 13.8. The smallest absolute Gasteiger partial charge is 0.143 e. The topological polar surface area (TPSA) is 12.0 Å². The van der Waals surface area contributed by atoms with Gasteiger partial charge in [0.2, 0.25) is 0 Å². The van der Waals surface area contributed by atoms with Crippen LogP contribution in [0.3, 0.4) is 0 Å². The summed E-state index contributed by atoms with van der Waals surface area (Å²) in [5.74, 6) is -0.493. The minimum absolute atomic E-state index is 0.00172. The minimum Gasteiger partial charge on any atom is -0.316 e. The molecular weight excluding hydrogens is 312 g/mol. The maximum atomic E-state index is 14.2. The van der Waals surface area contributed by atoms with Crippen molar-refractivity contribution in [3.63, 3.8) is 0 Å². The first-order valence-corrected chi connectivity index (χ1v) is 7.78. The Bertz CT molecular complexity index is 436. The number of hydrogen-bond donors (Lipinski definition) is 1. The first-order chi connectivity index (χ1) is 9.15. The van der Waals surface area contributed by atoms with Crippen LogP contribution in [0.25, 0.3) is 0 Å². The Labute approximate surface area is 121 Å². The molecule has 0 heterocycles. The molecule has 0 aliphatic heterocycles. The van der Waals surface area contributed by atoms with Gasteiger partial charge in [0, 0.05) is 5.56 Å². The van der Waals surface area contributed by atoms with Gasteiger partial charge in [0.15, 0.2) is 0 Å². The summed E-state index contributed by atoms with van der Waals surface area (Å²) in [7, 11) is 0. The Kier molecular flexibility index (Phi) is 5.34. The zero-order valence-electron chi connectivity index (χ0n) is 11.2. The van der Waals surface area contributed by atoms with E-state index in [2.05, 4.69) is 28.2 Å². The Morgan fingerprint density at radius 1 is 1.32 bits per heavy atom. The first kappa shape index (κ1) is 14.9. The molecule has 2 atom stereocenters. The predicted molar refractivity (Wildman–Crippen MR) is 77.3 cm³/mol. The molecule has 1 aromatic carbocycles. The minimum atomic E-state index is -0.424. The van der Waals surface area contributed by atoms with Crippen molar-refractivity contribution in [1.29, 1.82) is 0 Å². The molecule has 1 aliphatic rings. The summed E-state index contributed by atoms with van der Waals surface area (Å²) in [6.45, 7) is 3.93. The summed E-state index contributed by atoms with van der Waals surface area (Å²) in [6, 6.07) is 2.80. The molecule has 0 amide bonds. The molecule has 106 valence electrons. The van der Waals surface area contributed by atoms with E-state index < -0.39 is 11.6 Å². The van der Waals surface area contributed by atoms with Crippen molar-refractivity contribution < 1.29 is 8.78 Å². The monoisotopic (exact) mass is 331 g/mol. The normalized spacial score (nSPS) is 22.9. The zero-order valence-corrected chi connectivity index (χ0v) is 12.8. The van der Waals surface area contributed by atoms with Gasteiger partial charge < -0.3 is 5.32 Å². The van der Waals surface area contributed by atoms with Gasteiger partial charge in [0.05, 0.1) is 4.47 Å². The standard InChI is InChI=1S/C15H20BrF2N/c1-2-8-19-9-10-4-3-5-11(10)14-13(17)7-6-12(16)15(14)18/h6-7,10-11,19H,2-5,8-9H2,1H3. The molecule has 1 N–H and O–H groups in total. The van der Waals surface area contributed by atoms with E-state index in [-0.39, 0.29) is 11.5 Å². The maximum Gasteiger partial charge on any atom is 0.143 e. The van der Waals surface area contributed by atoms with Gasteiger partial charge in [-0.05, 0) is 72.3 Å². The van der Waals surface area contributed by atoms with Gasteiger partial charge >= 0.3 is 0 Å². The van der Waals surface area contributed by atoms with Crippen molar-refractivity contribution in [3.05, 3.63) is 33.8 Å². The number of nitrogens with one attached hydrogen (secondary N) is 1. The van der Waals surface area contributed by atoms with Crippen molar-refractivity contribution in [2.24, 2.45) is 5.92 Å². The molecule has 0 spiro atoms. The Hall–Kier alpha value is -0.480. The second kappa shape index (κ2) is 6.80. The van der Waals surface area contributed by atoms with Crippen molar-refractivity contribution in [1.82, 2.24) is 5.32 Å². The molecule has 1 fully saturated rings. The largest absolute Gasteiger partial charge is 0.316 e. The molecule has 1 aliphatic carbocycles. The van der Waals surface area contributed by atoms with Gasteiger partial charge in [0.1, 0.15) is 11.6 Å². The molecule has 0 radical (unpaired) electrons. The third-order valence-electron chi connectivity index (χ3n) is 3.94. The molecule has 2 unspecified atom stereocenters. The third kappa shape index (κ3) is 3.34. The highest BCUT2D eigenvalue weighted by Crippen LogP contribution is 2.42. The molecule has 1 aromatic rings. The second-order valence-electron chi connectivity index (χ2n) is 5.26. The van der Waals surface area contributed by atoms with E-state index in [4.69, 9.17) is 0 Å². The van der Waals surface area contributed by atoms with E-state index >= 15 is 0 Å². The fourth-order valence-corrected chi connectivity index (χ4v) is 3.35. The number of halogens is 3. The SMILES string of the molecule is CCCNCC1CCCC1c1c(F)ccc(Br)c1F. The quantitative estimate of drug-likeness (QED) is 0.613. The average molecular weight is 332 g/mol. The maximum absolute atomic E-state index is 14.2. The first-order valence-electron chi connectivity index (χ1n) is 6.99. The van der Waals surface area contributed by atoms with Gasteiger partial charge in [-0.25, -0.2) is 8.78 Å². The van der Waals surface area contributed by atoms with Crippen LogP contribution in [0.5, 0.6) is 0 Å². The van der Waals surface area contributed by atoms with Gasteiger partial charge in [-0.15, -0.1) is 0 Å². The van der Waals surface area contributed by atoms with E-state index in [1.165, 1.54) is 12.1 Å². The lowest BCUT2D eigenvalue weighted by Crippen LogP contribution is -2.26.